The van der Waals surface area contributed by atoms with E-state index in [0.717, 1.165) is 19.5 Å². The second-order valence-corrected chi connectivity index (χ2v) is 7.12. The van der Waals surface area contributed by atoms with Gasteiger partial charge in [0, 0.05) is 30.6 Å². The third kappa shape index (κ3) is 2.80. The van der Waals surface area contributed by atoms with E-state index in [4.69, 9.17) is 8.83 Å². The molecule has 0 aliphatic carbocycles. The monoisotopic (exact) mass is 373 g/mol. The Labute approximate surface area is 161 Å². The van der Waals surface area contributed by atoms with Crippen molar-refractivity contribution >= 4 is 16.8 Å². The van der Waals surface area contributed by atoms with Gasteiger partial charge in [0.2, 0.25) is 5.78 Å². The Morgan fingerprint density at radius 1 is 1.04 bits per heavy atom. The van der Waals surface area contributed by atoms with Crippen molar-refractivity contribution in [2.75, 3.05) is 6.54 Å². The first kappa shape index (κ1) is 16.8. The average molecular weight is 373 g/mol. The molecule has 2 aromatic heterocycles. The van der Waals surface area contributed by atoms with Crippen LogP contribution in [0.4, 0.5) is 0 Å². The van der Waals surface area contributed by atoms with E-state index in [0.29, 0.717) is 28.6 Å². The summed E-state index contributed by atoms with van der Waals surface area (Å²) in [7, 11) is 0. The number of ketones is 1. The highest BCUT2D eigenvalue weighted by molar-refractivity contribution is 6.15. The molecule has 0 atom stereocenters. The standard InChI is InChI=1S/C23H19NO4/c25-19-7-8-20-22(18(14-28-20)23(26)21-6-3-11-27-21)17(19)13-24-10-9-15-4-1-2-5-16(15)12-24/h1-8,11,14,25H,9-10,12-13H2. The third-order valence-corrected chi connectivity index (χ3v) is 5.40. The Kier molecular flexibility index (Phi) is 4.02. The van der Waals surface area contributed by atoms with Crippen molar-refractivity contribution in [2.45, 2.75) is 19.5 Å². The Hall–Kier alpha value is -3.31. The van der Waals surface area contributed by atoms with Gasteiger partial charge in [0.05, 0.1) is 11.8 Å². The molecular formula is C23H19NO4. The SMILES string of the molecule is O=C(c1ccco1)c1coc2ccc(O)c(CN3CCc4ccccc4C3)c12. The molecule has 28 heavy (non-hydrogen) atoms. The number of aromatic hydroxyl groups is 1. The molecule has 1 N–H and O–H groups in total. The Morgan fingerprint density at radius 2 is 1.89 bits per heavy atom. The predicted molar refractivity (Wildman–Crippen MR) is 104 cm³/mol. The number of phenols is 1. The van der Waals surface area contributed by atoms with Crippen LogP contribution in [0.25, 0.3) is 11.0 Å². The first-order valence-corrected chi connectivity index (χ1v) is 9.30. The highest BCUT2D eigenvalue weighted by atomic mass is 16.3. The Morgan fingerprint density at radius 3 is 2.71 bits per heavy atom. The topological polar surface area (TPSA) is 66.8 Å². The van der Waals surface area contributed by atoms with Crippen LogP contribution in [-0.4, -0.2) is 22.3 Å². The number of hydrogen-bond donors (Lipinski definition) is 1. The van der Waals surface area contributed by atoms with Crippen molar-refractivity contribution in [1.29, 1.82) is 0 Å². The number of phenolic OH excluding ortho intramolecular Hbond substituents is 1. The van der Waals surface area contributed by atoms with Crippen molar-refractivity contribution in [2.24, 2.45) is 0 Å². The number of rotatable bonds is 4. The number of benzene rings is 2. The summed E-state index contributed by atoms with van der Waals surface area (Å²) in [6, 6.07) is 15.1. The summed E-state index contributed by atoms with van der Waals surface area (Å²) >= 11 is 0. The maximum atomic E-state index is 12.9. The second-order valence-electron chi connectivity index (χ2n) is 7.12. The number of fused-ring (bicyclic) bond motifs is 2. The van der Waals surface area contributed by atoms with Crippen LogP contribution < -0.4 is 0 Å². The summed E-state index contributed by atoms with van der Waals surface area (Å²) in [4.78, 5) is 15.1. The number of nitrogens with zero attached hydrogens (tertiary/aromatic N) is 1. The lowest BCUT2D eigenvalue weighted by molar-refractivity contribution is 0.101. The highest BCUT2D eigenvalue weighted by Gasteiger charge is 2.24. The molecule has 1 aliphatic heterocycles. The maximum Gasteiger partial charge on any atom is 0.232 e. The lowest BCUT2D eigenvalue weighted by Crippen LogP contribution is -2.30. The number of furan rings is 2. The van der Waals surface area contributed by atoms with Crippen LogP contribution in [0.5, 0.6) is 5.75 Å². The van der Waals surface area contributed by atoms with Gasteiger partial charge >= 0.3 is 0 Å². The first-order valence-electron chi connectivity index (χ1n) is 9.30. The molecule has 1 aliphatic rings. The minimum Gasteiger partial charge on any atom is -0.508 e. The first-order chi connectivity index (χ1) is 13.7. The van der Waals surface area contributed by atoms with Crippen LogP contribution in [0.2, 0.25) is 0 Å². The zero-order valence-electron chi connectivity index (χ0n) is 15.2. The summed E-state index contributed by atoms with van der Waals surface area (Å²) in [6.07, 6.45) is 3.89. The molecule has 0 bridgehead atoms. The van der Waals surface area contributed by atoms with Crippen LogP contribution >= 0.6 is 0 Å². The molecule has 5 nitrogen and oxygen atoms in total. The van der Waals surface area contributed by atoms with E-state index in [1.165, 1.54) is 23.7 Å². The van der Waals surface area contributed by atoms with Gasteiger partial charge in [-0.1, -0.05) is 24.3 Å². The molecule has 4 aromatic rings. The van der Waals surface area contributed by atoms with Gasteiger partial charge in [-0.15, -0.1) is 0 Å². The molecule has 3 heterocycles. The molecule has 5 rings (SSSR count). The van der Waals surface area contributed by atoms with Crippen molar-refractivity contribution in [3.63, 3.8) is 0 Å². The molecule has 0 saturated heterocycles. The quantitative estimate of drug-likeness (QED) is 0.533. The Bertz CT molecular complexity index is 1160. The zero-order chi connectivity index (χ0) is 19.1. The fourth-order valence-electron chi connectivity index (χ4n) is 3.97. The van der Waals surface area contributed by atoms with Gasteiger partial charge < -0.3 is 13.9 Å². The number of carbonyl (C=O) groups is 1. The molecule has 0 amide bonds. The van der Waals surface area contributed by atoms with E-state index in [2.05, 4.69) is 29.2 Å². The highest BCUT2D eigenvalue weighted by Crippen LogP contribution is 2.34. The summed E-state index contributed by atoms with van der Waals surface area (Å²) in [5.74, 6) is 0.171. The lowest BCUT2D eigenvalue weighted by atomic mass is 9.97. The van der Waals surface area contributed by atoms with Crippen LogP contribution in [0.1, 0.15) is 32.8 Å². The van der Waals surface area contributed by atoms with E-state index in [-0.39, 0.29) is 17.3 Å². The summed E-state index contributed by atoms with van der Waals surface area (Å²) in [5, 5.41) is 11.2. The molecule has 0 radical (unpaired) electrons. The van der Waals surface area contributed by atoms with Gasteiger partial charge in [-0.25, -0.2) is 0 Å². The van der Waals surface area contributed by atoms with Crippen molar-refractivity contribution < 1.29 is 18.7 Å². The fourth-order valence-corrected chi connectivity index (χ4v) is 3.97. The van der Waals surface area contributed by atoms with Crippen LogP contribution in [-0.2, 0) is 19.5 Å². The largest absolute Gasteiger partial charge is 0.508 e. The molecule has 140 valence electrons. The van der Waals surface area contributed by atoms with Gasteiger partial charge in [-0.05, 0) is 41.8 Å². The Balaban J connectivity index is 1.53. The lowest BCUT2D eigenvalue weighted by Gasteiger charge is -2.29. The average Bonchev–Trinajstić information content (AvgIpc) is 3.39. The summed E-state index contributed by atoms with van der Waals surface area (Å²) < 4.78 is 10.9. The van der Waals surface area contributed by atoms with Gasteiger partial charge in [-0.3, -0.25) is 9.69 Å². The van der Waals surface area contributed by atoms with E-state index >= 15 is 0 Å². The van der Waals surface area contributed by atoms with Gasteiger partial charge in [0.25, 0.3) is 0 Å². The van der Waals surface area contributed by atoms with E-state index < -0.39 is 0 Å². The van der Waals surface area contributed by atoms with Crippen LogP contribution in [0, 0.1) is 0 Å². The van der Waals surface area contributed by atoms with Crippen molar-refractivity contribution in [3.8, 4) is 5.75 Å². The van der Waals surface area contributed by atoms with Gasteiger partial charge in [0.15, 0.2) is 5.76 Å². The molecule has 2 aromatic carbocycles. The fraction of sp³-hybridized carbons (Fsp3) is 0.174. The molecular weight excluding hydrogens is 354 g/mol. The minimum absolute atomic E-state index is 0.168. The molecule has 0 unspecified atom stereocenters. The predicted octanol–water partition coefficient (Wildman–Crippen LogP) is 4.52. The second kappa shape index (κ2) is 6.69. The van der Waals surface area contributed by atoms with E-state index in [1.807, 2.05) is 0 Å². The summed E-state index contributed by atoms with van der Waals surface area (Å²) in [6.45, 7) is 2.24. The molecule has 0 spiro atoms. The van der Waals surface area contributed by atoms with Crippen molar-refractivity contribution in [1.82, 2.24) is 4.90 Å². The van der Waals surface area contributed by atoms with E-state index in [9.17, 15) is 9.90 Å². The van der Waals surface area contributed by atoms with Crippen molar-refractivity contribution in [3.05, 3.63) is 89.1 Å². The van der Waals surface area contributed by atoms with Crippen LogP contribution in [0.15, 0.2) is 69.9 Å². The molecule has 0 fully saturated rings. The zero-order valence-corrected chi connectivity index (χ0v) is 15.2. The normalized spacial score (nSPS) is 14.3. The van der Waals surface area contributed by atoms with Gasteiger partial charge in [-0.2, -0.15) is 0 Å². The maximum absolute atomic E-state index is 12.9. The van der Waals surface area contributed by atoms with Gasteiger partial charge in [0.1, 0.15) is 17.6 Å². The smallest absolute Gasteiger partial charge is 0.232 e. The number of carbonyl (C=O) groups excluding carboxylic acids is 1. The van der Waals surface area contributed by atoms with E-state index in [1.54, 1.807) is 24.3 Å². The number of hydrogen-bond acceptors (Lipinski definition) is 5. The van der Waals surface area contributed by atoms with Crippen LogP contribution in [0.3, 0.4) is 0 Å². The molecule has 5 heteroatoms. The molecule has 0 saturated carbocycles. The minimum atomic E-state index is -0.250. The third-order valence-electron chi connectivity index (χ3n) is 5.40. The summed E-state index contributed by atoms with van der Waals surface area (Å²) in [5.41, 5.74) is 4.38.